The monoisotopic (exact) mass is 844 g/mol. The van der Waals surface area contributed by atoms with E-state index in [-0.39, 0.29) is 50.1 Å². The fourth-order valence-corrected chi connectivity index (χ4v) is 7.71. The Kier molecular flexibility index (Phi) is 19.3. The van der Waals surface area contributed by atoms with Gasteiger partial charge in [-0.3, -0.25) is 0 Å². The lowest BCUT2D eigenvalue weighted by molar-refractivity contribution is 0.202. The first-order valence-corrected chi connectivity index (χ1v) is 19.9. The molecule has 0 aromatic heterocycles. The summed E-state index contributed by atoms with van der Waals surface area (Å²) in [4.78, 5) is 0. The number of aliphatic hydroxyl groups excluding tert-OH is 4. The second-order valence-electron chi connectivity index (χ2n) is 15.3. The number of rotatable bonds is 22. The molecule has 0 bridgehead atoms. The van der Waals surface area contributed by atoms with Crippen LogP contribution in [0.2, 0.25) is 0 Å². The van der Waals surface area contributed by atoms with Crippen LogP contribution in [0.1, 0.15) is 73.6 Å². The Bertz CT molecular complexity index is 1720. The number of aliphatic hydroxyl groups is 4. The van der Waals surface area contributed by atoms with E-state index in [0.717, 1.165) is 12.8 Å². The Morgan fingerprint density at radius 3 is 0.650 bits per heavy atom. The molecule has 4 aromatic rings. The van der Waals surface area contributed by atoms with Gasteiger partial charge < -0.3 is 81.7 Å². The zero-order valence-electron chi connectivity index (χ0n) is 33.4. The van der Waals surface area contributed by atoms with Crippen LogP contribution in [-0.4, -0.2) is 108 Å². The van der Waals surface area contributed by atoms with Gasteiger partial charge in [0, 0.05) is 26.4 Å². The quantitative estimate of drug-likeness (QED) is 0.0367. The summed E-state index contributed by atoms with van der Waals surface area (Å²) in [6.45, 7) is -0.0532. The average molecular weight is 845 g/mol. The van der Waals surface area contributed by atoms with Gasteiger partial charge in [-0.15, -0.1) is 0 Å². The van der Waals surface area contributed by atoms with Crippen LogP contribution in [0, 0.1) is 23.7 Å². The molecular weight excluding hydrogens is 784 g/mol. The second kappa shape index (κ2) is 23.8. The molecule has 0 amide bonds. The number of hydrogen-bond donors (Lipinski definition) is 16. The topological polar surface area (TPSA) is 324 Å². The third kappa shape index (κ3) is 14.3. The van der Waals surface area contributed by atoms with Gasteiger partial charge in [-0.2, -0.15) is 0 Å². The van der Waals surface area contributed by atoms with Crippen LogP contribution in [0.15, 0.2) is 48.5 Å². The number of benzene rings is 4. The van der Waals surface area contributed by atoms with Crippen molar-refractivity contribution in [2.45, 2.75) is 77.0 Å². The molecule has 4 atom stereocenters. The van der Waals surface area contributed by atoms with E-state index in [1.54, 1.807) is 0 Å². The first-order chi connectivity index (χ1) is 28.5. The lowest BCUT2D eigenvalue weighted by Gasteiger charge is -2.28. The molecule has 4 rings (SSSR count). The molecule has 0 fully saturated rings. The Hall–Kier alpha value is -5.68. The number of phenolic OH excluding ortho intramolecular Hbond substituents is 12. The fraction of sp³-hybridized carbons (Fsp3) is 0.455. The number of phenols is 12. The second-order valence-corrected chi connectivity index (χ2v) is 15.3. The molecule has 16 N–H and O–H groups in total. The van der Waals surface area contributed by atoms with Crippen LogP contribution in [0.4, 0.5) is 0 Å². The molecule has 0 spiro atoms. The normalized spacial score (nSPS) is 13.3. The summed E-state index contributed by atoms with van der Waals surface area (Å²) < 4.78 is 0. The average Bonchev–Trinajstić information content (AvgIpc) is 3.19. The fourth-order valence-electron chi connectivity index (χ4n) is 7.71. The lowest BCUT2D eigenvalue weighted by atomic mass is 9.78. The van der Waals surface area contributed by atoms with Gasteiger partial charge in [-0.25, -0.2) is 0 Å². The molecule has 0 heterocycles. The van der Waals surface area contributed by atoms with E-state index in [2.05, 4.69) is 0 Å². The van der Waals surface area contributed by atoms with E-state index >= 15 is 0 Å². The van der Waals surface area contributed by atoms with E-state index in [4.69, 9.17) is 10.2 Å². The Morgan fingerprint density at radius 1 is 0.267 bits per heavy atom. The lowest BCUT2D eigenvalue weighted by Crippen LogP contribution is -2.21. The van der Waals surface area contributed by atoms with Crippen molar-refractivity contribution >= 4 is 0 Å². The van der Waals surface area contributed by atoms with Gasteiger partial charge in [-0.05, 0) is 159 Å². The van der Waals surface area contributed by atoms with Gasteiger partial charge in [0.15, 0.2) is 69.0 Å². The highest BCUT2D eigenvalue weighted by atomic mass is 16.3. The molecule has 0 saturated heterocycles. The van der Waals surface area contributed by atoms with E-state index in [9.17, 15) is 71.5 Å². The van der Waals surface area contributed by atoms with Gasteiger partial charge in [0.2, 0.25) is 0 Å². The SMILES string of the molecule is OCCCC[C@@H](Cc1cc(O)c(O)c(O)c1)[C@@H](CCO)Cc1cc(O)c(O)c(O)c1.OCCCC[C@H](Cc1cc(O)c(O)c(O)c1)[C@H](CCO)Cc1cc(O)c(O)c(O)c1. The van der Waals surface area contributed by atoms with Crippen molar-refractivity contribution in [2.75, 3.05) is 26.4 Å². The Morgan fingerprint density at radius 2 is 0.467 bits per heavy atom. The van der Waals surface area contributed by atoms with Crippen molar-refractivity contribution in [2.24, 2.45) is 23.7 Å². The van der Waals surface area contributed by atoms with Gasteiger partial charge in [0.25, 0.3) is 0 Å². The third-order valence-electron chi connectivity index (χ3n) is 10.8. The van der Waals surface area contributed by atoms with E-state index in [1.807, 2.05) is 0 Å². The van der Waals surface area contributed by atoms with Crippen molar-refractivity contribution < 1.29 is 81.7 Å². The summed E-state index contributed by atoms with van der Waals surface area (Å²) in [7, 11) is 0. The van der Waals surface area contributed by atoms with Gasteiger partial charge in [0.05, 0.1) is 0 Å². The van der Waals surface area contributed by atoms with E-state index in [0.29, 0.717) is 86.5 Å². The number of aromatic hydroxyl groups is 12. The van der Waals surface area contributed by atoms with Gasteiger partial charge >= 0.3 is 0 Å². The zero-order chi connectivity index (χ0) is 44.5. The molecule has 0 unspecified atom stereocenters. The predicted molar refractivity (Wildman–Crippen MR) is 220 cm³/mol. The molecule has 0 aliphatic carbocycles. The van der Waals surface area contributed by atoms with Gasteiger partial charge in [-0.1, -0.05) is 12.8 Å². The molecule has 0 saturated carbocycles. The highest BCUT2D eigenvalue weighted by molar-refractivity contribution is 5.53. The molecule has 4 aromatic carbocycles. The van der Waals surface area contributed by atoms with Crippen LogP contribution in [0.5, 0.6) is 69.0 Å². The van der Waals surface area contributed by atoms with Crippen LogP contribution >= 0.6 is 0 Å². The Labute approximate surface area is 348 Å². The minimum absolute atomic E-state index is 0.0230. The summed E-state index contributed by atoms with van der Waals surface area (Å²) in [5.74, 6) is -6.00. The predicted octanol–water partition coefficient (Wildman–Crippen LogP) is 4.97. The molecular formula is C44H60O16. The molecule has 60 heavy (non-hydrogen) atoms. The third-order valence-corrected chi connectivity index (χ3v) is 10.8. The van der Waals surface area contributed by atoms with Crippen molar-refractivity contribution in [3.8, 4) is 69.0 Å². The molecule has 332 valence electrons. The summed E-state index contributed by atoms with van der Waals surface area (Å²) in [6.07, 6.45) is 6.61. The maximum Gasteiger partial charge on any atom is 0.200 e. The minimum Gasteiger partial charge on any atom is -0.504 e. The summed E-state index contributed by atoms with van der Waals surface area (Å²) in [5, 5.41) is 154. The maximum atomic E-state index is 9.81. The first-order valence-electron chi connectivity index (χ1n) is 19.9. The van der Waals surface area contributed by atoms with E-state index < -0.39 is 69.0 Å². The van der Waals surface area contributed by atoms with E-state index in [1.165, 1.54) is 48.5 Å². The smallest absolute Gasteiger partial charge is 0.200 e. The van der Waals surface area contributed by atoms with Crippen LogP contribution in [0.25, 0.3) is 0 Å². The molecule has 16 nitrogen and oxygen atoms in total. The van der Waals surface area contributed by atoms with Crippen molar-refractivity contribution in [1.82, 2.24) is 0 Å². The minimum atomic E-state index is -0.591. The summed E-state index contributed by atoms with van der Waals surface area (Å²) in [6, 6.07) is 11.0. The first kappa shape index (κ1) is 48.7. The maximum absolute atomic E-state index is 9.81. The highest BCUT2D eigenvalue weighted by Gasteiger charge is 2.26. The van der Waals surface area contributed by atoms with Crippen molar-refractivity contribution in [3.63, 3.8) is 0 Å². The molecule has 0 radical (unpaired) electrons. The van der Waals surface area contributed by atoms with Crippen molar-refractivity contribution in [1.29, 1.82) is 0 Å². The standard InChI is InChI=1S/2C22H30O8/c2*23-5-2-1-3-15(7-13-9-17(25)21(29)18(26)10-13)16(4-6-24)8-14-11-19(27)22(30)20(28)12-14/h2*9-12,15-16,23-30H,1-8H2/t2*15-,16-/m10/s1. The summed E-state index contributed by atoms with van der Waals surface area (Å²) >= 11 is 0. The largest absolute Gasteiger partial charge is 0.504 e. The number of hydrogen-bond acceptors (Lipinski definition) is 16. The Balaban J connectivity index is 0.000000320. The highest BCUT2D eigenvalue weighted by Crippen LogP contribution is 2.42. The van der Waals surface area contributed by atoms with Crippen LogP contribution in [0.3, 0.4) is 0 Å². The van der Waals surface area contributed by atoms with Crippen LogP contribution in [-0.2, 0) is 25.7 Å². The molecule has 16 heteroatoms. The van der Waals surface area contributed by atoms with Gasteiger partial charge in [0.1, 0.15) is 0 Å². The molecule has 0 aliphatic rings. The zero-order valence-corrected chi connectivity index (χ0v) is 33.4. The van der Waals surface area contributed by atoms with Crippen LogP contribution < -0.4 is 0 Å². The van der Waals surface area contributed by atoms with Crippen molar-refractivity contribution in [3.05, 3.63) is 70.8 Å². The molecule has 0 aliphatic heterocycles. The number of unbranched alkanes of at least 4 members (excludes halogenated alkanes) is 2. The summed E-state index contributed by atoms with van der Waals surface area (Å²) in [5.41, 5.74) is 2.39.